The summed E-state index contributed by atoms with van der Waals surface area (Å²) in [6.45, 7) is 7.34. The Bertz CT molecular complexity index is 539. The maximum atomic E-state index is 12.7. The van der Waals surface area contributed by atoms with E-state index in [2.05, 4.69) is 47.5 Å². The Morgan fingerprint density at radius 2 is 2.04 bits per heavy atom. The van der Waals surface area contributed by atoms with Gasteiger partial charge in [-0.1, -0.05) is 30.3 Å². The maximum Gasteiger partial charge on any atom is 0.225 e. The van der Waals surface area contributed by atoms with Crippen LogP contribution in [0.15, 0.2) is 30.3 Å². The van der Waals surface area contributed by atoms with Gasteiger partial charge in [0.2, 0.25) is 5.91 Å². The summed E-state index contributed by atoms with van der Waals surface area (Å²) in [5.41, 5.74) is 1.38. The summed E-state index contributed by atoms with van der Waals surface area (Å²) in [6.07, 6.45) is 3.17. The van der Waals surface area contributed by atoms with Crippen LogP contribution in [0.25, 0.3) is 0 Å². The van der Waals surface area contributed by atoms with Gasteiger partial charge in [0.05, 0.1) is 0 Å². The number of hydrogen-bond donors (Lipinski definition) is 1. The summed E-state index contributed by atoms with van der Waals surface area (Å²) in [6, 6.07) is 11.1. The molecule has 5 heteroatoms. The van der Waals surface area contributed by atoms with Crippen molar-refractivity contribution in [1.82, 2.24) is 15.1 Å². The Kier molecular flexibility index (Phi) is 7.73. The summed E-state index contributed by atoms with van der Waals surface area (Å²) in [7, 11) is 1.99. The van der Waals surface area contributed by atoms with E-state index in [1.54, 1.807) is 0 Å². The van der Waals surface area contributed by atoms with Gasteiger partial charge in [-0.15, -0.1) is 12.4 Å². The number of piperidine rings is 1. The molecule has 1 amide bonds. The number of amides is 1. The van der Waals surface area contributed by atoms with E-state index >= 15 is 0 Å². The smallest absolute Gasteiger partial charge is 0.225 e. The molecule has 25 heavy (non-hydrogen) atoms. The molecule has 140 valence electrons. The molecule has 2 heterocycles. The average Bonchev–Trinajstić information content (AvgIpc) is 3.02. The Morgan fingerprint density at radius 3 is 2.76 bits per heavy atom. The number of rotatable bonds is 5. The minimum absolute atomic E-state index is 0. The second-order valence-electron chi connectivity index (χ2n) is 7.67. The van der Waals surface area contributed by atoms with Gasteiger partial charge in [-0.2, -0.15) is 0 Å². The number of hydrogen-bond acceptors (Lipinski definition) is 3. The number of likely N-dealkylation sites (tertiary alicyclic amines) is 1. The van der Waals surface area contributed by atoms with Crippen molar-refractivity contribution in [3.8, 4) is 0 Å². The second-order valence-corrected chi connectivity index (χ2v) is 7.67. The van der Waals surface area contributed by atoms with Crippen LogP contribution in [-0.2, 0) is 11.3 Å². The predicted octanol–water partition coefficient (Wildman–Crippen LogP) is 2.78. The molecule has 4 nitrogen and oxygen atoms in total. The van der Waals surface area contributed by atoms with E-state index in [-0.39, 0.29) is 18.3 Å². The highest BCUT2D eigenvalue weighted by atomic mass is 35.5. The molecule has 2 aliphatic rings. The van der Waals surface area contributed by atoms with E-state index in [0.717, 1.165) is 45.6 Å². The van der Waals surface area contributed by atoms with Crippen molar-refractivity contribution in [2.24, 2.45) is 11.8 Å². The topological polar surface area (TPSA) is 35.6 Å². The fraction of sp³-hybridized carbons (Fsp3) is 0.650. The first kappa shape index (κ1) is 20.2. The molecule has 2 fully saturated rings. The van der Waals surface area contributed by atoms with Crippen LogP contribution in [0.4, 0.5) is 0 Å². The van der Waals surface area contributed by atoms with E-state index in [9.17, 15) is 4.79 Å². The second kappa shape index (κ2) is 9.56. The third-order valence-electron chi connectivity index (χ3n) is 5.50. The minimum atomic E-state index is 0. The van der Waals surface area contributed by atoms with Crippen molar-refractivity contribution in [3.63, 3.8) is 0 Å². The number of carbonyl (C=O) groups excluding carboxylic acids is 1. The lowest BCUT2D eigenvalue weighted by molar-refractivity contribution is -0.135. The molecule has 1 N–H and O–H groups in total. The molecule has 0 radical (unpaired) electrons. The SMILES string of the molecule is C[C@H]1C[C@@H](C(=O)N(C)CC2CCN(Cc3ccccc3)C2)CCN1.Cl. The molecule has 1 aromatic carbocycles. The summed E-state index contributed by atoms with van der Waals surface area (Å²) in [4.78, 5) is 17.2. The third kappa shape index (κ3) is 5.70. The van der Waals surface area contributed by atoms with Crippen LogP contribution < -0.4 is 5.32 Å². The van der Waals surface area contributed by atoms with E-state index in [1.165, 1.54) is 12.0 Å². The number of benzene rings is 1. The molecule has 0 spiro atoms. The number of carbonyl (C=O) groups is 1. The predicted molar refractivity (Wildman–Crippen MR) is 105 cm³/mol. The first-order chi connectivity index (χ1) is 11.6. The number of nitrogens with one attached hydrogen (secondary N) is 1. The fourth-order valence-electron chi connectivity index (χ4n) is 4.19. The summed E-state index contributed by atoms with van der Waals surface area (Å²) in [5, 5.41) is 3.43. The molecule has 0 bridgehead atoms. The van der Waals surface area contributed by atoms with Gasteiger partial charge < -0.3 is 10.2 Å². The van der Waals surface area contributed by atoms with Gasteiger partial charge in [0, 0.05) is 38.6 Å². The van der Waals surface area contributed by atoms with Gasteiger partial charge in [-0.3, -0.25) is 9.69 Å². The molecule has 3 atom stereocenters. The fourth-order valence-corrected chi connectivity index (χ4v) is 4.19. The third-order valence-corrected chi connectivity index (χ3v) is 5.50. The van der Waals surface area contributed by atoms with Crippen LogP contribution >= 0.6 is 12.4 Å². The molecule has 0 aromatic heterocycles. The lowest BCUT2D eigenvalue weighted by atomic mass is 9.92. The lowest BCUT2D eigenvalue weighted by Crippen LogP contribution is -2.44. The van der Waals surface area contributed by atoms with Crippen molar-refractivity contribution in [2.75, 3.05) is 33.2 Å². The van der Waals surface area contributed by atoms with Crippen LogP contribution in [0, 0.1) is 11.8 Å². The molecule has 1 unspecified atom stereocenters. The normalized spacial score (nSPS) is 26.9. The molecular weight excluding hydrogens is 334 g/mol. The standard InChI is InChI=1S/C20H31N3O.ClH/c1-16-12-19(8-10-21-16)20(24)22(2)13-18-9-11-23(15-18)14-17-6-4-3-5-7-17;/h3-7,16,18-19,21H,8-15H2,1-2H3;1H/t16-,18?,19-;/m0./s1. The zero-order valence-electron chi connectivity index (χ0n) is 15.5. The van der Waals surface area contributed by atoms with Gasteiger partial charge in [0.1, 0.15) is 0 Å². The minimum Gasteiger partial charge on any atom is -0.345 e. The highest BCUT2D eigenvalue weighted by molar-refractivity contribution is 5.85. The largest absolute Gasteiger partial charge is 0.345 e. The van der Waals surface area contributed by atoms with Crippen molar-refractivity contribution in [3.05, 3.63) is 35.9 Å². The van der Waals surface area contributed by atoms with Gasteiger partial charge in [-0.25, -0.2) is 0 Å². The zero-order valence-corrected chi connectivity index (χ0v) is 16.3. The molecule has 2 aliphatic heterocycles. The van der Waals surface area contributed by atoms with Crippen molar-refractivity contribution >= 4 is 18.3 Å². The summed E-state index contributed by atoms with van der Waals surface area (Å²) in [5.74, 6) is 1.18. The van der Waals surface area contributed by atoms with Gasteiger partial charge in [0.15, 0.2) is 0 Å². The Labute approximate surface area is 158 Å². The van der Waals surface area contributed by atoms with Crippen LogP contribution in [-0.4, -0.2) is 55.0 Å². The molecule has 1 aromatic rings. The quantitative estimate of drug-likeness (QED) is 0.871. The van der Waals surface area contributed by atoms with Crippen LogP contribution in [0.1, 0.15) is 31.7 Å². The first-order valence-corrected chi connectivity index (χ1v) is 9.36. The van der Waals surface area contributed by atoms with Crippen LogP contribution in [0.5, 0.6) is 0 Å². The lowest BCUT2D eigenvalue weighted by Gasteiger charge is -2.31. The molecule has 0 aliphatic carbocycles. The molecule has 3 rings (SSSR count). The molecule has 2 saturated heterocycles. The van der Waals surface area contributed by atoms with Gasteiger partial charge in [0.25, 0.3) is 0 Å². The maximum absolute atomic E-state index is 12.7. The zero-order chi connectivity index (χ0) is 16.9. The molecular formula is C20H32ClN3O. The average molecular weight is 366 g/mol. The highest BCUT2D eigenvalue weighted by Crippen LogP contribution is 2.22. The monoisotopic (exact) mass is 365 g/mol. The first-order valence-electron chi connectivity index (χ1n) is 9.36. The van der Waals surface area contributed by atoms with Crippen molar-refractivity contribution in [1.29, 1.82) is 0 Å². The van der Waals surface area contributed by atoms with E-state index in [1.807, 2.05) is 11.9 Å². The van der Waals surface area contributed by atoms with E-state index in [4.69, 9.17) is 0 Å². The van der Waals surface area contributed by atoms with Crippen molar-refractivity contribution in [2.45, 2.75) is 38.8 Å². The van der Waals surface area contributed by atoms with E-state index in [0.29, 0.717) is 17.9 Å². The number of nitrogens with zero attached hydrogens (tertiary/aromatic N) is 2. The Morgan fingerprint density at radius 1 is 1.28 bits per heavy atom. The Balaban J connectivity index is 0.00000225. The van der Waals surface area contributed by atoms with E-state index < -0.39 is 0 Å². The van der Waals surface area contributed by atoms with Crippen molar-refractivity contribution < 1.29 is 4.79 Å². The molecule has 0 saturated carbocycles. The van der Waals surface area contributed by atoms with Crippen LogP contribution in [0.2, 0.25) is 0 Å². The van der Waals surface area contributed by atoms with Gasteiger partial charge in [-0.05, 0) is 50.8 Å². The number of halogens is 1. The summed E-state index contributed by atoms with van der Waals surface area (Å²) < 4.78 is 0. The van der Waals surface area contributed by atoms with Crippen LogP contribution in [0.3, 0.4) is 0 Å². The van der Waals surface area contributed by atoms with Gasteiger partial charge >= 0.3 is 0 Å². The summed E-state index contributed by atoms with van der Waals surface area (Å²) >= 11 is 0. The Hall–Kier alpha value is -1.10. The highest BCUT2D eigenvalue weighted by Gasteiger charge is 2.30.